The third-order valence-corrected chi connectivity index (χ3v) is 4.48. The number of benzene rings is 2. The van der Waals surface area contributed by atoms with Crippen LogP contribution >= 0.6 is 12.2 Å². The molecule has 0 spiro atoms. The van der Waals surface area contributed by atoms with Gasteiger partial charge in [0.1, 0.15) is 13.2 Å². The van der Waals surface area contributed by atoms with Crippen molar-refractivity contribution in [1.82, 2.24) is 4.90 Å². The van der Waals surface area contributed by atoms with Crippen LogP contribution in [0.4, 0.5) is 5.69 Å². The zero-order valence-electron chi connectivity index (χ0n) is 15.0. The van der Waals surface area contributed by atoms with Crippen molar-refractivity contribution in [1.29, 1.82) is 0 Å². The first kappa shape index (κ1) is 17.5. The Labute approximate surface area is 154 Å². The van der Waals surface area contributed by atoms with E-state index < -0.39 is 0 Å². The summed E-state index contributed by atoms with van der Waals surface area (Å²) in [6.45, 7) is 9.04. The molecular weight excluding hydrogens is 332 g/mol. The summed E-state index contributed by atoms with van der Waals surface area (Å²) in [4.78, 5) is 2.14. The van der Waals surface area contributed by atoms with Crippen molar-refractivity contribution in [3.05, 3.63) is 53.1 Å². The molecule has 0 bridgehead atoms. The molecule has 0 radical (unpaired) electrons. The molecule has 0 atom stereocenters. The molecule has 132 valence electrons. The zero-order chi connectivity index (χ0) is 17.8. The number of thiocarbonyl (C=S) groups is 1. The van der Waals surface area contributed by atoms with Gasteiger partial charge in [-0.1, -0.05) is 12.1 Å². The Hall–Kier alpha value is -2.27. The van der Waals surface area contributed by atoms with Crippen LogP contribution in [0.25, 0.3) is 0 Å². The molecule has 0 unspecified atom stereocenters. The van der Waals surface area contributed by atoms with E-state index in [1.165, 1.54) is 11.1 Å². The van der Waals surface area contributed by atoms with E-state index in [0.717, 1.165) is 41.0 Å². The van der Waals surface area contributed by atoms with Crippen LogP contribution in [0, 0.1) is 13.8 Å². The highest BCUT2D eigenvalue weighted by atomic mass is 32.1. The highest BCUT2D eigenvalue weighted by Crippen LogP contribution is 2.31. The molecule has 1 N–H and O–H groups in total. The Morgan fingerprint density at radius 3 is 2.40 bits per heavy atom. The van der Waals surface area contributed by atoms with Gasteiger partial charge in [-0.3, -0.25) is 0 Å². The average Bonchev–Trinajstić information content (AvgIpc) is 2.58. The number of nitrogens with one attached hydrogen (secondary N) is 1. The minimum atomic E-state index is 0.598. The van der Waals surface area contributed by atoms with Gasteiger partial charge in [0.15, 0.2) is 16.6 Å². The fourth-order valence-corrected chi connectivity index (χ4v) is 3.29. The Kier molecular flexibility index (Phi) is 5.43. The standard InChI is InChI=1S/C20H24N2O2S/c1-4-22(20(25)21-17-10-14(2)9-15(3)11-17)13-16-5-6-18-19(12-16)24-8-7-23-18/h5-6,9-12H,4,7-8,13H2,1-3H3,(H,21,25). The first-order valence-electron chi connectivity index (χ1n) is 8.58. The van der Waals surface area contributed by atoms with E-state index in [0.29, 0.717) is 13.2 Å². The first-order valence-corrected chi connectivity index (χ1v) is 8.98. The second kappa shape index (κ2) is 7.74. The summed E-state index contributed by atoms with van der Waals surface area (Å²) in [5.41, 5.74) is 4.62. The molecule has 0 aliphatic carbocycles. The van der Waals surface area contributed by atoms with Crippen molar-refractivity contribution in [2.45, 2.75) is 27.3 Å². The van der Waals surface area contributed by atoms with Gasteiger partial charge in [-0.2, -0.15) is 0 Å². The molecule has 5 heteroatoms. The van der Waals surface area contributed by atoms with Gasteiger partial charge in [0.2, 0.25) is 0 Å². The van der Waals surface area contributed by atoms with Crippen molar-refractivity contribution in [2.75, 3.05) is 25.1 Å². The van der Waals surface area contributed by atoms with Gasteiger partial charge in [-0.05, 0) is 73.9 Å². The highest BCUT2D eigenvalue weighted by Gasteiger charge is 2.14. The molecular formula is C20H24N2O2S. The third-order valence-electron chi connectivity index (χ3n) is 4.12. The predicted octanol–water partition coefficient (Wildman–Crippen LogP) is 4.29. The van der Waals surface area contributed by atoms with Crippen LogP contribution in [0.1, 0.15) is 23.6 Å². The number of nitrogens with zero attached hydrogens (tertiary/aromatic N) is 1. The lowest BCUT2D eigenvalue weighted by atomic mass is 10.1. The second-order valence-electron chi connectivity index (χ2n) is 6.30. The van der Waals surface area contributed by atoms with Crippen LogP contribution < -0.4 is 14.8 Å². The van der Waals surface area contributed by atoms with Crippen LogP contribution in [0.15, 0.2) is 36.4 Å². The van der Waals surface area contributed by atoms with Gasteiger partial charge in [0.25, 0.3) is 0 Å². The molecule has 1 heterocycles. The maximum absolute atomic E-state index is 5.67. The Bertz CT molecular complexity index is 756. The van der Waals surface area contributed by atoms with Gasteiger partial charge in [0, 0.05) is 18.8 Å². The Morgan fingerprint density at radius 2 is 1.72 bits per heavy atom. The summed E-state index contributed by atoms with van der Waals surface area (Å²) < 4.78 is 11.3. The molecule has 2 aromatic rings. The Balaban J connectivity index is 1.70. The van der Waals surface area contributed by atoms with E-state index in [2.05, 4.69) is 55.3 Å². The van der Waals surface area contributed by atoms with Crippen molar-refractivity contribution in [3.8, 4) is 11.5 Å². The molecule has 0 saturated carbocycles. The monoisotopic (exact) mass is 356 g/mol. The summed E-state index contributed by atoms with van der Waals surface area (Å²) in [6, 6.07) is 12.4. The quantitative estimate of drug-likeness (QED) is 0.827. The summed E-state index contributed by atoms with van der Waals surface area (Å²) in [7, 11) is 0. The number of hydrogen-bond acceptors (Lipinski definition) is 3. The maximum Gasteiger partial charge on any atom is 0.173 e. The minimum absolute atomic E-state index is 0.598. The van der Waals surface area contributed by atoms with E-state index >= 15 is 0 Å². The number of rotatable bonds is 4. The molecule has 0 amide bonds. The molecule has 1 aliphatic heterocycles. The van der Waals surface area contributed by atoms with Crippen LogP contribution in [-0.4, -0.2) is 29.8 Å². The van der Waals surface area contributed by atoms with Crippen molar-refractivity contribution in [3.63, 3.8) is 0 Å². The highest BCUT2D eigenvalue weighted by molar-refractivity contribution is 7.80. The van der Waals surface area contributed by atoms with E-state index in [1.54, 1.807) is 0 Å². The molecule has 0 aromatic heterocycles. The van der Waals surface area contributed by atoms with Crippen LogP contribution in [0.5, 0.6) is 11.5 Å². The number of ether oxygens (including phenoxy) is 2. The first-order chi connectivity index (χ1) is 12.0. The number of anilines is 1. The summed E-state index contributed by atoms with van der Waals surface area (Å²) >= 11 is 5.62. The third kappa shape index (κ3) is 4.42. The fourth-order valence-electron chi connectivity index (χ4n) is 2.98. The van der Waals surface area contributed by atoms with Gasteiger partial charge >= 0.3 is 0 Å². The number of aryl methyl sites for hydroxylation is 2. The number of hydrogen-bond donors (Lipinski definition) is 1. The van der Waals surface area contributed by atoms with E-state index in [1.807, 2.05) is 12.1 Å². The normalized spacial score (nSPS) is 12.6. The largest absolute Gasteiger partial charge is 0.486 e. The maximum atomic E-state index is 5.67. The van der Waals surface area contributed by atoms with E-state index in [4.69, 9.17) is 21.7 Å². The molecule has 4 nitrogen and oxygen atoms in total. The summed E-state index contributed by atoms with van der Waals surface area (Å²) in [6.07, 6.45) is 0. The molecule has 0 fully saturated rings. The molecule has 1 aliphatic rings. The van der Waals surface area contributed by atoms with Gasteiger partial charge in [-0.15, -0.1) is 0 Å². The van der Waals surface area contributed by atoms with Crippen LogP contribution in [0.2, 0.25) is 0 Å². The SMILES string of the molecule is CCN(Cc1ccc2c(c1)OCCO2)C(=S)Nc1cc(C)cc(C)c1. The zero-order valence-corrected chi connectivity index (χ0v) is 15.8. The number of fused-ring (bicyclic) bond motifs is 1. The molecule has 25 heavy (non-hydrogen) atoms. The molecule has 3 rings (SSSR count). The topological polar surface area (TPSA) is 33.7 Å². The summed E-state index contributed by atoms with van der Waals surface area (Å²) in [5, 5.41) is 4.08. The second-order valence-corrected chi connectivity index (χ2v) is 6.69. The van der Waals surface area contributed by atoms with E-state index in [9.17, 15) is 0 Å². The van der Waals surface area contributed by atoms with Crippen molar-refractivity contribution >= 4 is 23.0 Å². The van der Waals surface area contributed by atoms with Crippen molar-refractivity contribution < 1.29 is 9.47 Å². The minimum Gasteiger partial charge on any atom is -0.486 e. The van der Waals surface area contributed by atoms with Crippen molar-refractivity contribution in [2.24, 2.45) is 0 Å². The molecule has 0 saturated heterocycles. The fraction of sp³-hybridized carbons (Fsp3) is 0.350. The lowest BCUT2D eigenvalue weighted by molar-refractivity contribution is 0.171. The van der Waals surface area contributed by atoms with Gasteiger partial charge in [0.05, 0.1) is 0 Å². The van der Waals surface area contributed by atoms with Crippen LogP contribution in [0.3, 0.4) is 0 Å². The van der Waals surface area contributed by atoms with Gasteiger partial charge < -0.3 is 19.7 Å². The predicted molar refractivity (Wildman–Crippen MR) is 106 cm³/mol. The molecule has 2 aromatic carbocycles. The smallest absolute Gasteiger partial charge is 0.173 e. The van der Waals surface area contributed by atoms with Crippen LogP contribution in [-0.2, 0) is 6.54 Å². The Morgan fingerprint density at radius 1 is 1.04 bits per heavy atom. The lowest BCUT2D eigenvalue weighted by Crippen LogP contribution is -2.34. The van der Waals surface area contributed by atoms with Gasteiger partial charge in [-0.25, -0.2) is 0 Å². The summed E-state index contributed by atoms with van der Waals surface area (Å²) in [5.74, 6) is 1.63. The lowest BCUT2D eigenvalue weighted by Gasteiger charge is -2.26. The van der Waals surface area contributed by atoms with E-state index in [-0.39, 0.29) is 0 Å². The average molecular weight is 356 g/mol.